The van der Waals surface area contributed by atoms with Crippen LogP contribution in [-0.2, 0) is 11.2 Å². The van der Waals surface area contributed by atoms with E-state index in [0.29, 0.717) is 22.4 Å². The van der Waals surface area contributed by atoms with E-state index in [9.17, 15) is 4.79 Å². The van der Waals surface area contributed by atoms with Crippen LogP contribution in [0.1, 0.15) is 18.1 Å². The predicted molar refractivity (Wildman–Crippen MR) is 65.9 cm³/mol. The maximum atomic E-state index is 11.1. The number of halogens is 1. The number of fused-ring (bicyclic) bond motifs is 1. The molecule has 0 saturated heterocycles. The Labute approximate surface area is 104 Å². The van der Waals surface area contributed by atoms with E-state index >= 15 is 0 Å². The number of hydrogen-bond acceptors (Lipinski definition) is 3. The fourth-order valence-corrected chi connectivity index (χ4v) is 1.93. The third-order valence-corrected chi connectivity index (χ3v) is 2.85. The fraction of sp³-hybridized carbons (Fsp3) is 0.154. The first-order valence-corrected chi connectivity index (χ1v) is 5.46. The minimum Gasteiger partial charge on any atom is -0.300 e. The smallest absolute Gasteiger partial charge is 0.134 e. The average Bonchev–Trinajstić information content (AvgIpc) is 2.29. The van der Waals surface area contributed by atoms with Crippen molar-refractivity contribution in [1.82, 2.24) is 4.98 Å². The van der Waals surface area contributed by atoms with Gasteiger partial charge in [0.15, 0.2) is 0 Å². The molecule has 0 N–H and O–H groups in total. The molecule has 0 aliphatic rings. The van der Waals surface area contributed by atoms with Crippen molar-refractivity contribution in [1.29, 1.82) is 5.26 Å². The van der Waals surface area contributed by atoms with Gasteiger partial charge in [-0.15, -0.1) is 0 Å². The Bertz CT molecular complexity index is 644. The summed E-state index contributed by atoms with van der Waals surface area (Å²) < 4.78 is 0. The number of aromatic nitrogens is 1. The van der Waals surface area contributed by atoms with Crippen LogP contribution in [0.15, 0.2) is 24.4 Å². The van der Waals surface area contributed by atoms with Crippen molar-refractivity contribution < 1.29 is 4.79 Å². The van der Waals surface area contributed by atoms with Crippen LogP contribution in [0.4, 0.5) is 0 Å². The Morgan fingerprint density at radius 3 is 2.94 bits per heavy atom. The number of carbonyl (C=O) groups excluding carboxylic acids is 1. The summed E-state index contributed by atoms with van der Waals surface area (Å²) in [7, 11) is 0. The molecule has 4 heteroatoms. The number of pyridine rings is 1. The van der Waals surface area contributed by atoms with Crippen LogP contribution in [0.5, 0.6) is 0 Å². The first kappa shape index (κ1) is 11.6. The van der Waals surface area contributed by atoms with Gasteiger partial charge in [0, 0.05) is 18.0 Å². The van der Waals surface area contributed by atoms with Crippen molar-refractivity contribution in [3.8, 4) is 6.07 Å². The van der Waals surface area contributed by atoms with Crippen LogP contribution in [0.2, 0.25) is 5.02 Å². The Hall–Kier alpha value is -1.92. The Balaban J connectivity index is 2.63. The summed E-state index contributed by atoms with van der Waals surface area (Å²) >= 11 is 6.10. The average molecular weight is 245 g/mol. The number of ketones is 1. The highest BCUT2D eigenvalue weighted by atomic mass is 35.5. The second kappa shape index (κ2) is 4.52. The molecule has 1 aromatic carbocycles. The van der Waals surface area contributed by atoms with Gasteiger partial charge < -0.3 is 0 Å². The van der Waals surface area contributed by atoms with Crippen LogP contribution >= 0.6 is 11.6 Å². The summed E-state index contributed by atoms with van der Waals surface area (Å²) in [5.74, 6) is 0.0878. The molecule has 0 atom stereocenters. The minimum atomic E-state index is 0.0878. The normalized spacial score (nSPS) is 10.2. The van der Waals surface area contributed by atoms with Gasteiger partial charge in [0.25, 0.3) is 0 Å². The first-order valence-electron chi connectivity index (χ1n) is 5.08. The van der Waals surface area contributed by atoms with E-state index in [-0.39, 0.29) is 5.78 Å². The zero-order chi connectivity index (χ0) is 12.4. The summed E-state index contributed by atoms with van der Waals surface area (Å²) in [6.07, 6.45) is 1.82. The van der Waals surface area contributed by atoms with Gasteiger partial charge in [-0.3, -0.25) is 9.78 Å². The third-order valence-electron chi connectivity index (χ3n) is 2.44. The summed E-state index contributed by atoms with van der Waals surface area (Å²) in [5, 5.41) is 9.97. The largest absolute Gasteiger partial charge is 0.300 e. The second-order valence-electron chi connectivity index (χ2n) is 3.83. The van der Waals surface area contributed by atoms with Crippen LogP contribution in [0.25, 0.3) is 10.9 Å². The van der Waals surface area contributed by atoms with Gasteiger partial charge in [0.1, 0.15) is 11.9 Å². The lowest BCUT2D eigenvalue weighted by atomic mass is 10.1. The molecule has 0 saturated carbocycles. The number of nitrogens with zero attached hydrogens (tertiary/aromatic N) is 2. The van der Waals surface area contributed by atoms with Crippen LogP contribution in [0.3, 0.4) is 0 Å². The minimum absolute atomic E-state index is 0.0878. The molecular formula is C13H9ClN2O. The van der Waals surface area contributed by atoms with Crippen molar-refractivity contribution in [3.63, 3.8) is 0 Å². The number of carbonyl (C=O) groups is 1. The molecule has 0 radical (unpaired) electrons. The van der Waals surface area contributed by atoms with Crippen LogP contribution in [-0.4, -0.2) is 10.8 Å². The maximum absolute atomic E-state index is 11.1. The Morgan fingerprint density at radius 1 is 1.53 bits per heavy atom. The predicted octanol–water partition coefficient (Wildman–Crippen LogP) is 2.89. The molecule has 0 fully saturated rings. The number of rotatable bonds is 2. The first-order chi connectivity index (χ1) is 8.11. The van der Waals surface area contributed by atoms with Gasteiger partial charge in [-0.05, 0) is 24.6 Å². The number of hydrogen-bond donors (Lipinski definition) is 0. The molecule has 1 aromatic heterocycles. The molecule has 2 rings (SSSR count). The summed E-state index contributed by atoms with van der Waals surface area (Å²) in [6, 6.07) is 7.45. The van der Waals surface area contributed by atoms with E-state index in [1.54, 1.807) is 6.07 Å². The van der Waals surface area contributed by atoms with Crippen LogP contribution < -0.4 is 0 Å². The van der Waals surface area contributed by atoms with Crippen molar-refractivity contribution in [3.05, 3.63) is 40.5 Å². The summed E-state index contributed by atoms with van der Waals surface area (Å²) in [6.45, 7) is 1.54. The SMILES string of the molecule is CC(=O)Cc1ccc2ncc(C#N)c(Cl)c2c1. The Morgan fingerprint density at radius 2 is 2.29 bits per heavy atom. The van der Waals surface area contributed by atoms with Crippen molar-refractivity contribution in [2.45, 2.75) is 13.3 Å². The topological polar surface area (TPSA) is 53.8 Å². The quantitative estimate of drug-likeness (QED) is 0.816. The number of benzene rings is 1. The molecule has 2 aromatic rings. The molecule has 0 amide bonds. The zero-order valence-electron chi connectivity index (χ0n) is 9.20. The van der Waals surface area contributed by atoms with Gasteiger partial charge >= 0.3 is 0 Å². The summed E-state index contributed by atoms with van der Waals surface area (Å²) in [4.78, 5) is 15.2. The molecule has 1 heterocycles. The maximum Gasteiger partial charge on any atom is 0.134 e. The van der Waals surface area contributed by atoms with E-state index in [2.05, 4.69) is 4.98 Å². The van der Waals surface area contributed by atoms with Gasteiger partial charge in [0.2, 0.25) is 0 Å². The molecule has 3 nitrogen and oxygen atoms in total. The van der Waals surface area contributed by atoms with E-state index in [1.807, 2.05) is 18.2 Å². The van der Waals surface area contributed by atoms with Crippen LogP contribution in [0, 0.1) is 11.3 Å². The standard InChI is InChI=1S/C13H9ClN2O/c1-8(17)4-9-2-3-12-11(5-9)13(14)10(6-15)7-16-12/h2-3,5,7H,4H2,1H3. The molecule has 0 aliphatic carbocycles. The molecule has 0 spiro atoms. The van der Waals surface area contributed by atoms with Gasteiger partial charge in [0.05, 0.1) is 16.1 Å². The van der Waals surface area contributed by atoms with E-state index < -0.39 is 0 Å². The highest BCUT2D eigenvalue weighted by Gasteiger charge is 2.07. The molecule has 0 unspecified atom stereocenters. The van der Waals surface area contributed by atoms with E-state index in [1.165, 1.54) is 13.1 Å². The number of nitriles is 1. The second-order valence-corrected chi connectivity index (χ2v) is 4.21. The lowest BCUT2D eigenvalue weighted by Gasteiger charge is -2.04. The summed E-state index contributed by atoms with van der Waals surface area (Å²) in [5.41, 5.74) is 1.95. The van der Waals surface area contributed by atoms with E-state index in [0.717, 1.165) is 11.1 Å². The lowest BCUT2D eigenvalue weighted by Crippen LogP contribution is -1.96. The van der Waals surface area contributed by atoms with Crippen molar-refractivity contribution in [2.75, 3.05) is 0 Å². The Kier molecular flexibility index (Phi) is 3.08. The molecular weight excluding hydrogens is 236 g/mol. The highest BCUT2D eigenvalue weighted by molar-refractivity contribution is 6.36. The van der Waals surface area contributed by atoms with Crippen molar-refractivity contribution in [2.24, 2.45) is 0 Å². The zero-order valence-corrected chi connectivity index (χ0v) is 9.95. The lowest BCUT2D eigenvalue weighted by molar-refractivity contribution is -0.116. The van der Waals surface area contributed by atoms with Gasteiger partial charge in [-0.2, -0.15) is 5.26 Å². The molecule has 17 heavy (non-hydrogen) atoms. The molecule has 0 aliphatic heterocycles. The highest BCUT2D eigenvalue weighted by Crippen LogP contribution is 2.26. The van der Waals surface area contributed by atoms with Crippen molar-refractivity contribution >= 4 is 28.3 Å². The van der Waals surface area contributed by atoms with E-state index in [4.69, 9.17) is 16.9 Å². The monoisotopic (exact) mass is 244 g/mol. The molecule has 0 bridgehead atoms. The molecule has 84 valence electrons. The van der Waals surface area contributed by atoms with Gasteiger partial charge in [-0.25, -0.2) is 0 Å². The fourth-order valence-electron chi connectivity index (χ4n) is 1.68. The third kappa shape index (κ3) is 2.27. The van der Waals surface area contributed by atoms with Gasteiger partial charge in [-0.1, -0.05) is 17.7 Å². The number of Topliss-reactive ketones (excluding diaryl/α,β-unsaturated/α-hetero) is 1.